The molecule has 2 saturated heterocycles. The number of halogens is 2. The number of nitrogens with one attached hydrogen (secondary N) is 2. The maximum Gasteiger partial charge on any atom is 0.243 e. The summed E-state index contributed by atoms with van der Waals surface area (Å²) >= 11 is 0. The van der Waals surface area contributed by atoms with Gasteiger partial charge in [0.15, 0.2) is 29.0 Å². The van der Waals surface area contributed by atoms with E-state index in [4.69, 9.17) is 18.9 Å². The summed E-state index contributed by atoms with van der Waals surface area (Å²) in [7, 11) is 4.20. The Hall–Kier alpha value is -4.10. The van der Waals surface area contributed by atoms with Gasteiger partial charge in [-0.1, -0.05) is 6.58 Å². The maximum absolute atomic E-state index is 15.4. The van der Waals surface area contributed by atoms with E-state index in [2.05, 4.69) is 32.2 Å². The van der Waals surface area contributed by atoms with Gasteiger partial charge < -0.3 is 34.5 Å². The van der Waals surface area contributed by atoms with Gasteiger partial charge in [-0.15, -0.1) is 0 Å². The molecular formula is C27H30F2N6O5. The van der Waals surface area contributed by atoms with E-state index >= 15 is 8.78 Å². The zero-order valence-electron chi connectivity index (χ0n) is 22.4. The van der Waals surface area contributed by atoms with Crippen molar-refractivity contribution < 1.29 is 32.5 Å². The number of anilines is 2. The lowest BCUT2D eigenvalue weighted by Crippen LogP contribution is -2.45. The fraction of sp³-hybridized carbons (Fsp3) is 0.407. The number of aromatic nitrogens is 3. The van der Waals surface area contributed by atoms with Crippen molar-refractivity contribution in [3.8, 4) is 22.9 Å². The molecule has 40 heavy (non-hydrogen) atoms. The first-order valence-corrected chi connectivity index (χ1v) is 12.7. The van der Waals surface area contributed by atoms with Crippen molar-refractivity contribution >= 4 is 28.4 Å². The lowest BCUT2D eigenvalue weighted by atomic mass is 10.1. The third-order valence-electron chi connectivity index (χ3n) is 7.06. The molecule has 2 aromatic heterocycles. The first-order valence-electron chi connectivity index (χ1n) is 12.7. The molecule has 0 aliphatic carbocycles. The van der Waals surface area contributed by atoms with Crippen LogP contribution in [-0.4, -0.2) is 86.7 Å². The number of fused-ring (bicyclic) bond motifs is 1. The molecule has 3 aromatic rings. The molecule has 13 heteroatoms. The van der Waals surface area contributed by atoms with Crippen LogP contribution in [0.5, 0.6) is 11.5 Å². The van der Waals surface area contributed by atoms with Gasteiger partial charge in [-0.25, -0.2) is 23.7 Å². The summed E-state index contributed by atoms with van der Waals surface area (Å²) in [6, 6.07) is 2.39. The monoisotopic (exact) mass is 556 g/mol. The Labute approximate surface area is 229 Å². The first-order chi connectivity index (χ1) is 19.4. The van der Waals surface area contributed by atoms with Crippen molar-refractivity contribution in [2.45, 2.75) is 24.6 Å². The topological polar surface area (TPSA) is 120 Å². The molecule has 5 rings (SSSR count). The highest BCUT2D eigenvalue weighted by Gasteiger charge is 2.31. The fourth-order valence-electron chi connectivity index (χ4n) is 4.91. The van der Waals surface area contributed by atoms with Crippen molar-refractivity contribution in [3.05, 3.63) is 42.6 Å². The number of pyridine rings is 1. The van der Waals surface area contributed by atoms with Gasteiger partial charge in [-0.05, 0) is 18.6 Å². The Bertz CT molecular complexity index is 1410. The number of ether oxygens (including phenoxy) is 4. The Kier molecular flexibility index (Phi) is 7.94. The van der Waals surface area contributed by atoms with Gasteiger partial charge in [0.25, 0.3) is 0 Å². The van der Waals surface area contributed by atoms with Gasteiger partial charge in [0.2, 0.25) is 5.91 Å². The van der Waals surface area contributed by atoms with Crippen molar-refractivity contribution in [3.63, 3.8) is 0 Å². The van der Waals surface area contributed by atoms with Crippen LogP contribution >= 0.6 is 0 Å². The highest BCUT2D eigenvalue weighted by Crippen LogP contribution is 2.38. The molecular weight excluding hydrogens is 526 g/mol. The molecule has 0 spiro atoms. The number of carbonyl (C=O) groups excluding carboxylic acids is 1. The molecule has 0 saturated carbocycles. The summed E-state index contributed by atoms with van der Waals surface area (Å²) in [5, 5.41) is 6.78. The maximum atomic E-state index is 15.4. The van der Waals surface area contributed by atoms with Crippen LogP contribution in [0.25, 0.3) is 22.3 Å². The molecule has 2 aliphatic heterocycles. The molecule has 1 amide bonds. The summed E-state index contributed by atoms with van der Waals surface area (Å²) in [6.45, 7) is 5.35. The Balaban J connectivity index is 1.59. The van der Waals surface area contributed by atoms with Crippen LogP contribution in [0.15, 0.2) is 31.0 Å². The van der Waals surface area contributed by atoms with Crippen molar-refractivity contribution in [1.29, 1.82) is 0 Å². The smallest absolute Gasteiger partial charge is 0.243 e. The molecule has 4 heterocycles. The molecule has 3 atom stereocenters. The molecule has 212 valence electrons. The second-order valence-corrected chi connectivity index (χ2v) is 9.44. The van der Waals surface area contributed by atoms with Gasteiger partial charge in [-0.3, -0.25) is 4.79 Å². The third-order valence-corrected chi connectivity index (χ3v) is 7.06. The summed E-state index contributed by atoms with van der Waals surface area (Å²) in [6.07, 6.45) is 3.45. The Morgan fingerprint density at radius 3 is 2.50 bits per heavy atom. The highest BCUT2D eigenvalue weighted by molar-refractivity contribution is 5.92. The van der Waals surface area contributed by atoms with Crippen LogP contribution in [-0.2, 0) is 14.3 Å². The van der Waals surface area contributed by atoms with E-state index in [0.29, 0.717) is 48.8 Å². The van der Waals surface area contributed by atoms with Crippen LogP contribution < -0.4 is 25.0 Å². The van der Waals surface area contributed by atoms with Crippen LogP contribution in [0.3, 0.4) is 0 Å². The van der Waals surface area contributed by atoms with E-state index in [1.807, 2.05) is 4.90 Å². The molecule has 11 nitrogen and oxygen atoms in total. The molecule has 2 N–H and O–H groups in total. The van der Waals surface area contributed by atoms with Crippen molar-refractivity contribution in [2.75, 3.05) is 57.8 Å². The Morgan fingerprint density at radius 1 is 1.12 bits per heavy atom. The van der Waals surface area contributed by atoms with E-state index in [0.717, 1.165) is 12.5 Å². The molecule has 1 aromatic carbocycles. The summed E-state index contributed by atoms with van der Waals surface area (Å²) in [4.78, 5) is 27.4. The molecule has 0 bridgehead atoms. The van der Waals surface area contributed by atoms with Crippen molar-refractivity contribution in [1.82, 2.24) is 20.3 Å². The molecule has 0 radical (unpaired) electrons. The van der Waals surface area contributed by atoms with Gasteiger partial charge in [0.1, 0.15) is 11.6 Å². The van der Waals surface area contributed by atoms with E-state index in [-0.39, 0.29) is 41.4 Å². The predicted molar refractivity (Wildman–Crippen MR) is 144 cm³/mol. The fourth-order valence-corrected chi connectivity index (χ4v) is 4.91. The second-order valence-electron chi connectivity index (χ2n) is 9.44. The third kappa shape index (κ3) is 5.21. The average Bonchev–Trinajstić information content (AvgIpc) is 3.62. The van der Waals surface area contributed by atoms with Gasteiger partial charge in [0.05, 0.1) is 62.9 Å². The van der Waals surface area contributed by atoms with Gasteiger partial charge in [-0.2, -0.15) is 0 Å². The van der Waals surface area contributed by atoms with E-state index in [1.54, 1.807) is 13.2 Å². The zero-order valence-corrected chi connectivity index (χ0v) is 22.4. The minimum absolute atomic E-state index is 0.0249. The SMILES string of the molecule is C=CC(=O)N[C@H]1COC[C@H]1Nc1cc2c(N3CCC(OC)C3)nc(-c3c(F)c(OC)cc(OC)c3F)nc2cn1. The van der Waals surface area contributed by atoms with E-state index in [1.165, 1.54) is 26.5 Å². The number of nitrogens with zero attached hydrogens (tertiary/aromatic N) is 4. The minimum atomic E-state index is -0.942. The van der Waals surface area contributed by atoms with Crippen LogP contribution in [0.1, 0.15) is 6.42 Å². The molecule has 1 unspecified atom stereocenters. The second kappa shape index (κ2) is 11.6. The summed E-state index contributed by atoms with van der Waals surface area (Å²) < 4.78 is 52.1. The lowest BCUT2D eigenvalue weighted by Gasteiger charge is -2.22. The van der Waals surface area contributed by atoms with E-state index < -0.39 is 17.2 Å². The standard InChI is InChI=1S/C27H30F2N6O5/c1-5-22(36)32-18-13-40-12-17(18)31-21-8-15-16(10-30-21)33-26(34-27(15)35-7-6-14(11-35)37-2)23-24(28)19(38-3)9-20(39-4)25(23)29/h5,8-10,14,17-18H,1,6-7,11-13H2,2-4H3,(H,30,31)(H,32,36)/t14?,17-,18+/m1/s1. The number of benzene rings is 1. The number of hydrogen-bond donors (Lipinski definition) is 2. The Morgan fingerprint density at radius 2 is 1.85 bits per heavy atom. The summed E-state index contributed by atoms with van der Waals surface area (Å²) in [5.41, 5.74) is -0.0841. The lowest BCUT2D eigenvalue weighted by molar-refractivity contribution is -0.117. The van der Waals surface area contributed by atoms with Crippen LogP contribution in [0, 0.1) is 11.6 Å². The quantitative estimate of drug-likeness (QED) is 0.381. The van der Waals surface area contributed by atoms with Crippen LogP contribution in [0.4, 0.5) is 20.4 Å². The van der Waals surface area contributed by atoms with Gasteiger partial charge >= 0.3 is 0 Å². The normalized spacial score (nSPS) is 20.5. The zero-order chi connectivity index (χ0) is 28.4. The number of amides is 1. The average molecular weight is 557 g/mol. The van der Waals surface area contributed by atoms with Crippen LogP contribution in [0.2, 0.25) is 0 Å². The number of carbonyl (C=O) groups is 1. The molecule has 2 aliphatic rings. The van der Waals surface area contributed by atoms with E-state index in [9.17, 15) is 4.79 Å². The minimum Gasteiger partial charge on any atom is -0.494 e. The number of rotatable bonds is 9. The molecule has 2 fully saturated rings. The number of methoxy groups -OCH3 is 3. The number of hydrogen-bond acceptors (Lipinski definition) is 10. The first kappa shape index (κ1) is 27.5. The van der Waals surface area contributed by atoms with Crippen molar-refractivity contribution in [2.24, 2.45) is 0 Å². The predicted octanol–water partition coefficient (Wildman–Crippen LogP) is 2.69. The highest BCUT2D eigenvalue weighted by atomic mass is 19.1. The van der Waals surface area contributed by atoms with Gasteiger partial charge in [0, 0.05) is 31.7 Å². The summed E-state index contributed by atoms with van der Waals surface area (Å²) in [5.74, 6) is -1.78. The largest absolute Gasteiger partial charge is 0.494 e.